The van der Waals surface area contributed by atoms with Gasteiger partial charge in [0.05, 0.1) is 0 Å². The van der Waals surface area contributed by atoms with Crippen LogP contribution in [-0.2, 0) is 0 Å². The molecule has 4 nitrogen and oxygen atoms in total. The van der Waals surface area contributed by atoms with Crippen molar-refractivity contribution in [2.45, 2.75) is 0 Å². The molecule has 0 spiro atoms. The predicted octanol–water partition coefficient (Wildman–Crippen LogP) is 3.68. The lowest BCUT2D eigenvalue weighted by Gasteiger charge is -2.07. The largest absolute Gasteiger partial charge is 0.373 e. The molecule has 2 aromatic rings. The van der Waals surface area contributed by atoms with Gasteiger partial charge in [-0.2, -0.15) is 0 Å². The number of aromatic nitrogens is 1. The lowest BCUT2D eigenvalue weighted by Crippen LogP contribution is -2.14. The van der Waals surface area contributed by atoms with Gasteiger partial charge in [0.1, 0.15) is 11.5 Å². The Morgan fingerprint density at radius 1 is 1.16 bits per heavy atom. The van der Waals surface area contributed by atoms with Gasteiger partial charge in [0.15, 0.2) is 0 Å². The van der Waals surface area contributed by atoms with Crippen molar-refractivity contribution in [3.05, 3.63) is 52.1 Å². The Balaban J connectivity index is 2.20. The second kappa shape index (κ2) is 5.91. The summed E-state index contributed by atoms with van der Waals surface area (Å²) >= 11 is 11.7. The minimum Gasteiger partial charge on any atom is -0.373 e. The first-order valence-electron chi connectivity index (χ1n) is 5.51. The molecule has 0 aliphatic rings. The van der Waals surface area contributed by atoms with Gasteiger partial charge < -0.3 is 10.6 Å². The zero-order chi connectivity index (χ0) is 13.8. The lowest BCUT2D eigenvalue weighted by molar-refractivity contribution is 0.102. The summed E-state index contributed by atoms with van der Waals surface area (Å²) in [5, 5.41) is 6.48. The third kappa shape index (κ3) is 3.59. The van der Waals surface area contributed by atoms with E-state index in [0.717, 1.165) is 0 Å². The first-order valence-corrected chi connectivity index (χ1v) is 6.26. The van der Waals surface area contributed by atoms with Crippen LogP contribution in [0.3, 0.4) is 0 Å². The highest BCUT2D eigenvalue weighted by molar-refractivity contribution is 6.35. The first kappa shape index (κ1) is 13.6. The smallest absolute Gasteiger partial charge is 0.274 e. The number of amides is 1. The van der Waals surface area contributed by atoms with Gasteiger partial charge in [0, 0.05) is 22.8 Å². The average Bonchev–Trinajstić information content (AvgIpc) is 2.37. The Hall–Kier alpha value is -1.78. The van der Waals surface area contributed by atoms with Crippen LogP contribution in [0.2, 0.25) is 10.0 Å². The number of carbonyl (C=O) groups excluding carboxylic acids is 1. The molecule has 2 N–H and O–H groups in total. The summed E-state index contributed by atoms with van der Waals surface area (Å²) in [6.45, 7) is 0. The van der Waals surface area contributed by atoms with Crippen molar-refractivity contribution in [1.82, 2.24) is 4.98 Å². The summed E-state index contributed by atoms with van der Waals surface area (Å²) in [5.74, 6) is 0.298. The molecular formula is C13H11Cl2N3O. The fourth-order valence-corrected chi connectivity index (χ4v) is 2.05. The predicted molar refractivity (Wildman–Crippen MR) is 78.2 cm³/mol. The van der Waals surface area contributed by atoms with Gasteiger partial charge in [-0.15, -0.1) is 0 Å². The van der Waals surface area contributed by atoms with Gasteiger partial charge in [-0.25, -0.2) is 4.98 Å². The molecule has 0 aliphatic carbocycles. The molecule has 0 aliphatic heterocycles. The van der Waals surface area contributed by atoms with Gasteiger partial charge in [-0.3, -0.25) is 4.79 Å². The standard InChI is InChI=1S/C13H11Cl2N3O/c1-16-12-4-2-3-11(18-12)13(19)17-10-6-8(14)5-9(15)7-10/h2-7H,1H3,(H,16,18)(H,17,19). The zero-order valence-corrected chi connectivity index (χ0v) is 11.6. The Morgan fingerprint density at radius 3 is 2.47 bits per heavy atom. The molecule has 0 bridgehead atoms. The Bertz CT molecular complexity index is 596. The van der Waals surface area contributed by atoms with Crippen LogP contribution < -0.4 is 10.6 Å². The molecule has 1 aromatic heterocycles. The summed E-state index contributed by atoms with van der Waals surface area (Å²) in [4.78, 5) is 16.2. The quantitative estimate of drug-likeness (QED) is 0.908. The van der Waals surface area contributed by atoms with E-state index in [2.05, 4.69) is 15.6 Å². The molecule has 0 unspecified atom stereocenters. The van der Waals surface area contributed by atoms with Crippen LogP contribution in [0, 0.1) is 0 Å². The molecule has 1 aromatic carbocycles. The van der Waals surface area contributed by atoms with E-state index in [-0.39, 0.29) is 5.91 Å². The minimum absolute atomic E-state index is 0.308. The van der Waals surface area contributed by atoms with Gasteiger partial charge in [-0.1, -0.05) is 29.3 Å². The molecule has 0 fully saturated rings. The lowest BCUT2D eigenvalue weighted by atomic mass is 10.3. The zero-order valence-electron chi connectivity index (χ0n) is 10.1. The minimum atomic E-state index is -0.324. The maximum Gasteiger partial charge on any atom is 0.274 e. The number of hydrogen-bond acceptors (Lipinski definition) is 3. The normalized spacial score (nSPS) is 10.1. The van der Waals surface area contributed by atoms with Crippen LogP contribution in [0.4, 0.5) is 11.5 Å². The van der Waals surface area contributed by atoms with Crippen LogP contribution in [0.1, 0.15) is 10.5 Å². The number of carbonyl (C=O) groups is 1. The fourth-order valence-electron chi connectivity index (χ4n) is 1.52. The number of halogens is 2. The van der Waals surface area contributed by atoms with Crippen molar-refractivity contribution < 1.29 is 4.79 Å². The molecule has 0 radical (unpaired) electrons. The molecule has 1 heterocycles. The molecule has 98 valence electrons. The van der Waals surface area contributed by atoms with E-state index >= 15 is 0 Å². The molecule has 2 rings (SSSR count). The van der Waals surface area contributed by atoms with Crippen molar-refractivity contribution >= 4 is 40.6 Å². The third-order valence-corrected chi connectivity index (χ3v) is 2.79. The highest BCUT2D eigenvalue weighted by atomic mass is 35.5. The maximum absolute atomic E-state index is 12.0. The van der Waals surface area contributed by atoms with E-state index in [1.165, 1.54) is 0 Å². The third-order valence-electron chi connectivity index (χ3n) is 2.36. The Labute approximate surface area is 120 Å². The van der Waals surface area contributed by atoms with Crippen LogP contribution in [0.25, 0.3) is 0 Å². The number of anilines is 2. The number of nitrogens with one attached hydrogen (secondary N) is 2. The van der Waals surface area contributed by atoms with Gasteiger partial charge >= 0.3 is 0 Å². The van der Waals surface area contributed by atoms with Gasteiger partial charge in [-0.05, 0) is 30.3 Å². The second-order valence-corrected chi connectivity index (χ2v) is 4.64. The van der Waals surface area contributed by atoms with E-state index in [1.54, 1.807) is 43.4 Å². The summed E-state index contributed by atoms with van der Waals surface area (Å²) < 4.78 is 0. The molecule has 6 heteroatoms. The molecule has 0 saturated carbocycles. The summed E-state index contributed by atoms with van der Waals surface area (Å²) in [6.07, 6.45) is 0. The van der Waals surface area contributed by atoms with Crippen molar-refractivity contribution in [2.75, 3.05) is 17.7 Å². The van der Waals surface area contributed by atoms with Gasteiger partial charge in [0.2, 0.25) is 0 Å². The SMILES string of the molecule is CNc1cccc(C(=O)Nc2cc(Cl)cc(Cl)c2)n1. The summed E-state index contributed by atoms with van der Waals surface area (Å²) in [6, 6.07) is 9.98. The molecule has 0 saturated heterocycles. The van der Waals surface area contributed by atoms with Crippen LogP contribution in [-0.4, -0.2) is 17.9 Å². The Kier molecular flexibility index (Phi) is 4.24. The van der Waals surface area contributed by atoms with Crippen molar-refractivity contribution in [3.63, 3.8) is 0 Å². The second-order valence-electron chi connectivity index (χ2n) is 3.77. The first-order chi connectivity index (χ1) is 9.08. The van der Waals surface area contributed by atoms with E-state index < -0.39 is 0 Å². The van der Waals surface area contributed by atoms with Gasteiger partial charge in [0.25, 0.3) is 5.91 Å². The van der Waals surface area contributed by atoms with E-state index in [0.29, 0.717) is 27.2 Å². The molecule has 1 amide bonds. The molecular weight excluding hydrogens is 285 g/mol. The monoisotopic (exact) mass is 295 g/mol. The van der Waals surface area contributed by atoms with Crippen LogP contribution in [0.15, 0.2) is 36.4 Å². The van der Waals surface area contributed by atoms with Crippen LogP contribution >= 0.6 is 23.2 Å². The van der Waals surface area contributed by atoms with Crippen molar-refractivity contribution in [2.24, 2.45) is 0 Å². The number of hydrogen-bond donors (Lipinski definition) is 2. The topological polar surface area (TPSA) is 54.0 Å². The Morgan fingerprint density at radius 2 is 1.84 bits per heavy atom. The van der Waals surface area contributed by atoms with E-state index in [9.17, 15) is 4.79 Å². The maximum atomic E-state index is 12.0. The molecule has 19 heavy (non-hydrogen) atoms. The van der Waals surface area contributed by atoms with E-state index in [4.69, 9.17) is 23.2 Å². The highest BCUT2D eigenvalue weighted by Gasteiger charge is 2.09. The summed E-state index contributed by atoms with van der Waals surface area (Å²) in [7, 11) is 1.74. The number of pyridine rings is 1. The van der Waals surface area contributed by atoms with E-state index in [1.807, 2.05) is 0 Å². The van der Waals surface area contributed by atoms with Crippen molar-refractivity contribution in [3.8, 4) is 0 Å². The number of benzene rings is 1. The van der Waals surface area contributed by atoms with Crippen molar-refractivity contribution in [1.29, 1.82) is 0 Å². The average molecular weight is 296 g/mol. The number of rotatable bonds is 3. The number of nitrogens with zero attached hydrogens (tertiary/aromatic N) is 1. The highest BCUT2D eigenvalue weighted by Crippen LogP contribution is 2.22. The van der Waals surface area contributed by atoms with Crippen LogP contribution in [0.5, 0.6) is 0 Å². The summed E-state index contributed by atoms with van der Waals surface area (Å²) in [5.41, 5.74) is 0.835. The fraction of sp³-hybridized carbons (Fsp3) is 0.0769. The molecule has 0 atom stereocenters.